The molecule has 1 saturated heterocycles. The average molecular weight is 439 g/mol. The van der Waals surface area contributed by atoms with Gasteiger partial charge in [-0.15, -0.1) is 0 Å². The number of H-pyrrole nitrogens is 1. The van der Waals surface area contributed by atoms with Crippen molar-refractivity contribution in [1.82, 2.24) is 24.8 Å². The molecule has 0 saturated carbocycles. The monoisotopic (exact) mass is 438 g/mol. The summed E-state index contributed by atoms with van der Waals surface area (Å²) < 4.78 is 5.88. The van der Waals surface area contributed by atoms with Crippen LogP contribution in [0.2, 0.25) is 0 Å². The van der Waals surface area contributed by atoms with Gasteiger partial charge in [-0.05, 0) is 46.1 Å². The zero-order valence-electron chi connectivity index (χ0n) is 19.5. The van der Waals surface area contributed by atoms with Crippen molar-refractivity contribution in [2.75, 3.05) is 45.2 Å². The fourth-order valence-electron chi connectivity index (χ4n) is 4.50. The lowest BCUT2D eigenvalue weighted by Gasteiger charge is -2.44. The molecule has 0 aromatic carbocycles. The van der Waals surface area contributed by atoms with E-state index in [-0.39, 0.29) is 19.4 Å². The Morgan fingerprint density at radius 2 is 2.03 bits per heavy atom. The predicted molar refractivity (Wildman–Crippen MR) is 129 cm³/mol. The number of amides is 1. The molecule has 172 valence electrons. The van der Waals surface area contributed by atoms with Gasteiger partial charge in [0.05, 0.1) is 11.9 Å². The number of carbonyl (C=O) groups is 1. The number of aromatic nitrogens is 3. The Balaban J connectivity index is 0.00000306. The van der Waals surface area contributed by atoms with Gasteiger partial charge in [0.25, 0.3) is 0 Å². The van der Waals surface area contributed by atoms with Crippen LogP contribution in [0.3, 0.4) is 0 Å². The highest BCUT2D eigenvalue weighted by Crippen LogP contribution is 2.31. The molecule has 4 rings (SSSR count). The molecule has 0 radical (unpaired) electrons. The third kappa shape index (κ3) is 4.55. The number of likely N-dealkylation sites (N-methyl/N-ethyl adjacent to an activating group) is 1. The molecule has 0 spiro atoms. The topological polar surface area (TPSA) is 77.6 Å². The predicted octanol–water partition coefficient (Wildman–Crippen LogP) is 3.26. The van der Waals surface area contributed by atoms with Crippen LogP contribution in [-0.2, 0) is 4.79 Å². The summed E-state index contributed by atoms with van der Waals surface area (Å²) >= 11 is 0. The highest BCUT2D eigenvalue weighted by Gasteiger charge is 2.31. The first-order valence-corrected chi connectivity index (χ1v) is 11.1. The Kier molecular flexibility index (Phi) is 6.32. The van der Waals surface area contributed by atoms with E-state index in [1.807, 2.05) is 49.5 Å². The smallest absolute Gasteiger partial charge is 0.220 e. The maximum absolute atomic E-state index is 12.0. The number of nitrogens with zero attached hydrogens (tertiary/aromatic N) is 5. The van der Waals surface area contributed by atoms with E-state index in [2.05, 4.69) is 33.6 Å². The Morgan fingerprint density at radius 3 is 2.72 bits per heavy atom. The average Bonchev–Trinajstić information content (AvgIpc) is 3.16. The van der Waals surface area contributed by atoms with Crippen LogP contribution in [0.15, 0.2) is 36.7 Å². The van der Waals surface area contributed by atoms with Crippen molar-refractivity contribution in [2.24, 2.45) is 0 Å². The van der Waals surface area contributed by atoms with Gasteiger partial charge in [-0.25, -0.2) is 9.97 Å². The molecule has 1 fully saturated rings. The molecule has 1 N–H and O–H groups in total. The Morgan fingerprint density at radius 1 is 1.28 bits per heavy atom. The summed E-state index contributed by atoms with van der Waals surface area (Å²) in [5, 5.41) is 0.986. The molecule has 1 amide bonds. The number of ether oxygens (including phenoxy) is 1. The van der Waals surface area contributed by atoms with Crippen LogP contribution in [0.4, 0.5) is 5.82 Å². The number of aromatic amines is 1. The maximum atomic E-state index is 12.0. The van der Waals surface area contributed by atoms with Crippen molar-refractivity contribution < 1.29 is 11.0 Å². The third-order valence-corrected chi connectivity index (χ3v) is 5.93. The number of piperazine rings is 1. The fraction of sp³-hybridized carbons (Fsp3) is 0.458. The summed E-state index contributed by atoms with van der Waals surface area (Å²) in [6.07, 6.45) is 3.70. The summed E-state index contributed by atoms with van der Waals surface area (Å²) in [6.45, 7) is 8.81. The van der Waals surface area contributed by atoms with E-state index in [0.717, 1.165) is 53.5 Å². The molecule has 0 bridgehead atoms. The molecule has 0 unspecified atom stereocenters. The minimum Gasteiger partial charge on any atom is -0.491 e. The van der Waals surface area contributed by atoms with Gasteiger partial charge in [0.2, 0.25) is 5.91 Å². The molecule has 3 aromatic heterocycles. The highest BCUT2D eigenvalue weighted by atomic mass is 16.5. The molecular weight excluding hydrogens is 404 g/mol. The first kappa shape index (κ1) is 22.1. The molecule has 1 aliphatic heterocycles. The standard InChI is InChI=1S/C24H32N6O2.H2/c1-16-14-29(15-17(2)30(16)18(3)31)23-8-6-7-22(27-23)21-13-26-24-20(21)11-19(12-25-24)32-10-9-28(4)5;/h6-8,11-13,16-17H,9-10,14-15H2,1-5H3,(H,25,26);1H/t16-,17+;. The first-order chi connectivity index (χ1) is 15.3. The molecule has 8 nitrogen and oxygen atoms in total. The van der Waals surface area contributed by atoms with Crippen LogP contribution >= 0.6 is 0 Å². The number of rotatable bonds is 6. The van der Waals surface area contributed by atoms with Gasteiger partial charge in [0.15, 0.2) is 0 Å². The first-order valence-electron chi connectivity index (χ1n) is 11.1. The van der Waals surface area contributed by atoms with Gasteiger partial charge in [-0.1, -0.05) is 6.07 Å². The number of fused-ring (bicyclic) bond motifs is 1. The minimum atomic E-state index is 0. The van der Waals surface area contributed by atoms with E-state index in [0.29, 0.717) is 6.61 Å². The van der Waals surface area contributed by atoms with E-state index in [1.54, 1.807) is 13.1 Å². The molecule has 1 aliphatic rings. The van der Waals surface area contributed by atoms with Crippen LogP contribution < -0.4 is 9.64 Å². The van der Waals surface area contributed by atoms with Gasteiger partial charge < -0.3 is 24.4 Å². The molecular formula is C24H34N6O2. The van der Waals surface area contributed by atoms with E-state index in [1.165, 1.54) is 0 Å². The lowest BCUT2D eigenvalue weighted by atomic mass is 10.1. The summed E-state index contributed by atoms with van der Waals surface area (Å²) in [5.41, 5.74) is 2.69. The number of anilines is 1. The summed E-state index contributed by atoms with van der Waals surface area (Å²) in [6, 6.07) is 8.39. The molecule has 0 aliphatic carbocycles. The number of hydrogen-bond acceptors (Lipinski definition) is 6. The van der Waals surface area contributed by atoms with Crippen LogP contribution in [-0.4, -0.2) is 83.1 Å². The largest absolute Gasteiger partial charge is 0.491 e. The minimum absolute atomic E-state index is 0. The van der Waals surface area contributed by atoms with Crippen LogP contribution in [0.1, 0.15) is 22.2 Å². The normalized spacial score (nSPS) is 19.1. The highest BCUT2D eigenvalue weighted by molar-refractivity contribution is 5.93. The number of hydrogen-bond donors (Lipinski definition) is 1. The van der Waals surface area contributed by atoms with E-state index in [4.69, 9.17) is 9.72 Å². The molecule has 32 heavy (non-hydrogen) atoms. The van der Waals surface area contributed by atoms with Crippen molar-refractivity contribution in [3.63, 3.8) is 0 Å². The lowest BCUT2D eigenvalue weighted by molar-refractivity contribution is -0.133. The molecule has 8 heteroatoms. The summed E-state index contributed by atoms with van der Waals surface area (Å²) in [7, 11) is 4.05. The lowest BCUT2D eigenvalue weighted by Crippen LogP contribution is -2.58. The Hall–Kier alpha value is -3.13. The van der Waals surface area contributed by atoms with Gasteiger partial charge in [-0.3, -0.25) is 4.79 Å². The molecule has 3 aromatic rings. The summed E-state index contributed by atoms with van der Waals surface area (Å²) in [5.74, 6) is 1.80. The van der Waals surface area contributed by atoms with Crippen molar-refractivity contribution >= 4 is 22.8 Å². The molecule has 4 heterocycles. The van der Waals surface area contributed by atoms with Crippen molar-refractivity contribution in [1.29, 1.82) is 0 Å². The van der Waals surface area contributed by atoms with Gasteiger partial charge >= 0.3 is 0 Å². The number of nitrogens with one attached hydrogen (secondary N) is 1. The second kappa shape index (κ2) is 9.16. The van der Waals surface area contributed by atoms with Crippen LogP contribution in [0.25, 0.3) is 22.3 Å². The van der Waals surface area contributed by atoms with E-state index >= 15 is 0 Å². The van der Waals surface area contributed by atoms with Crippen molar-refractivity contribution in [3.8, 4) is 17.0 Å². The number of carbonyl (C=O) groups excluding carboxylic acids is 1. The second-order valence-electron chi connectivity index (χ2n) is 8.83. The van der Waals surface area contributed by atoms with E-state index in [9.17, 15) is 4.79 Å². The summed E-state index contributed by atoms with van der Waals surface area (Å²) in [4.78, 5) is 31.0. The second-order valence-corrected chi connectivity index (χ2v) is 8.83. The van der Waals surface area contributed by atoms with Crippen molar-refractivity contribution in [2.45, 2.75) is 32.9 Å². The zero-order chi connectivity index (χ0) is 22.8. The van der Waals surface area contributed by atoms with Crippen LogP contribution in [0, 0.1) is 0 Å². The van der Waals surface area contributed by atoms with Gasteiger partial charge in [-0.2, -0.15) is 0 Å². The van der Waals surface area contributed by atoms with Crippen LogP contribution in [0.5, 0.6) is 5.75 Å². The Labute approximate surface area is 190 Å². The third-order valence-electron chi connectivity index (χ3n) is 5.93. The zero-order valence-corrected chi connectivity index (χ0v) is 19.5. The van der Waals surface area contributed by atoms with E-state index < -0.39 is 0 Å². The van der Waals surface area contributed by atoms with Crippen molar-refractivity contribution in [3.05, 3.63) is 36.7 Å². The van der Waals surface area contributed by atoms with Gasteiger partial charge in [0.1, 0.15) is 23.8 Å². The molecule has 2 atom stereocenters. The Bertz CT molecular complexity index is 1090. The SMILES string of the molecule is CC(=O)N1[C@H](C)CN(c2cccc(-c3c[nH]c4ncc(OCCN(C)C)cc34)n2)C[C@@H]1C.[HH]. The number of pyridine rings is 2. The fourth-order valence-corrected chi connectivity index (χ4v) is 4.50. The maximum Gasteiger partial charge on any atom is 0.220 e. The quantitative estimate of drug-likeness (QED) is 0.637. The van der Waals surface area contributed by atoms with Gasteiger partial charge in [0, 0.05) is 57.2 Å².